The molecule has 1 saturated heterocycles. The van der Waals surface area contributed by atoms with Gasteiger partial charge in [-0.1, -0.05) is 12.1 Å². The molecular weight excluding hydrogens is 606 g/mol. The lowest BCUT2D eigenvalue weighted by Crippen LogP contribution is -2.48. The number of amides is 2. The van der Waals surface area contributed by atoms with E-state index in [1.807, 2.05) is 0 Å². The summed E-state index contributed by atoms with van der Waals surface area (Å²) in [6.07, 6.45) is 4.03. The number of hydrogen-bond acceptors (Lipinski definition) is 4. The van der Waals surface area contributed by atoms with Gasteiger partial charge in [0.05, 0.1) is 28.0 Å². The molecule has 2 aromatic heterocycles. The number of nitrogens with zero attached hydrogens (tertiary/aromatic N) is 5. The first-order valence-corrected chi connectivity index (χ1v) is 13.7. The molecule has 0 unspecified atom stereocenters. The monoisotopic (exact) mass is 627 g/mol. The van der Waals surface area contributed by atoms with Gasteiger partial charge < -0.3 is 9.80 Å². The zero-order chi connectivity index (χ0) is 29.0. The Morgan fingerprint density at radius 2 is 1.73 bits per heavy atom. The number of aryl methyl sites for hydroxylation is 1. The molecule has 0 bridgehead atoms. The number of rotatable bonds is 4. The molecule has 0 aliphatic carbocycles. The molecular formula is C29H22BrF4N5O2. The van der Waals surface area contributed by atoms with Crippen molar-refractivity contribution in [1.29, 1.82) is 0 Å². The average molecular weight is 628 g/mol. The van der Waals surface area contributed by atoms with E-state index >= 15 is 0 Å². The van der Waals surface area contributed by atoms with E-state index in [0.29, 0.717) is 40.9 Å². The molecule has 0 N–H and O–H groups in total. The zero-order valence-corrected chi connectivity index (χ0v) is 23.3. The maximum absolute atomic E-state index is 15.0. The number of benzene rings is 2. The Kier molecular flexibility index (Phi) is 6.88. The Morgan fingerprint density at radius 3 is 2.39 bits per heavy atom. The van der Waals surface area contributed by atoms with E-state index in [0.717, 1.165) is 16.8 Å². The van der Waals surface area contributed by atoms with Crippen molar-refractivity contribution in [3.63, 3.8) is 0 Å². The van der Waals surface area contributed by atoms with Gasteiger partial charge in [-0.3, -0.25) is 14.6 Å². The van der Waals surface area contributed by atoms with Crippen LogP contribution in [0.3, 0.4) is 0 Å². The Balaban J connectivity index is 1.30. The molecule has 4 heterocycles. The molecule has 7 nitrogen and oxygen atoms in total. The van der Waals surface area contributed by atoms with Crippen LogP contribution in [0.5, 0.6) is 0 Å². The standard InChI is InChI=1S/C29H22BrF4N5O2/c1-15-4-5-16-11-22(40)38(28(16)24(15)33)18-6-9-37(10-7-18)29(41)26-23(30)27(17-3-2-8-35-14-17)39(36-26)19-12-20(31)25(34)21(32)13-19/h2-5,8,12-14,18H,6-7,9-11H2,1H3. The second-order valence-electron chi connectivity index (χ2n) is 10.1. The minimum Gasteiger partial charge on any atom is -0.337 e. The first-order chi connectivity index (χ1) is 19.7. The van der Waals surface area contributed by atoms with Gasteiger partial charge in [0.25, 0.3) is 5.91 Å². The van der Waals surface area contributed by atoms with Crippen LogP contribution in [0.25, 0.3) is 16.9 Å². The quantitative estimate of drug-likeness (QED) is 0.213. The predicted octanol–water partition coefficient (Wildman–Crippen LogP) is 5.76. The normalized spacial score (nSPS) is 15.5. The van der Waals surface area contributed by atoms with Gasteiger partial charge in [-0.05, 0) is 59.0 Å². The van der Waals surface area contributed by atoms with E-state index in [9.17, 15) is 27.2 Å². The lowest BCUT2D eigenvalue weighted by Gasteiger charge is -2.37. The highest BCUT2D eigenvalue weighted by molar-refractivity contribution is 9.10. The van der Waals surface area contributed by atoms with Crippen molar-refractivity contribution in [2.45, 2.75) is 32.2 Å². The van der Waals surface area contributed by atoms with Gasteiger partial charge in [0.1, 0.15) is 5.82 Å². The van der Waals surface area contributed by atoms with Crippen molar-refractivity contribution in [3.8, 4) is 16.9 Å². The van der Waals surface area contributed by atoms with Gasteiger partial charge in [0.2, 0.25) is 5.91 Å². The first kappa shape index (κ1) is 27.1. The summed E-state index contributed by atoms with van der Waals surface area (Å²) in [4.78, 5) is 33.7. The summed E-state index contributed by atoms with van der Waals surface area (Å²) in [5, 5.41) is 4.38. The fraction of sp³-hybridized carbons (Fsp3) is 0.241. The SMILES string of the molecule is Cc1ccc2c(c1F)N(C1CCN(C(=O)c3nn(-c4cc(F)c(F)c(F)c4)c(-c4cccnc4)c3Br)CC1)C(=O)C2. The van der Waals surface area contributed by atoms with Gasteiger partial charge in [-0.15, -0.1) is 0 Å². The third-order valence-corrected chi connectivity index (χ3v) is 8.29. The number of likely N-dealkylation sites (tertiary alicyclic amines) is 1. The summed E-state index contributed by atoms with van der Waals surface area (Å²) < 4.78 is 58.4. The number of halogens is 5. The highest BCUT2D eigenvalue weighted by Gasteiger charge is 2.38. The van der Waals surface area contributed by atoms with E-state index in [4.69, 9.17) is 0 Å². The summed E-state index contributed by atoms with van der Waals surface area (Å²) in [6.45, 7) is 2.21. The lowest BCUT2D eigenvalue weighted by atomic mass is 10.0. The number of aromatic nitrogens is 3. The highest BCUT2D eigenvalue weighted by Crippen LogP contribution is 2.38. The molecule has 6 rings (SSSR count). The topological polar surface area (TPSA) is 71.3 Å². The van der Waals surface area contributed by atoms with Gasteiger partial charge in [0.15, 0.2) is 23.1 Å². The van der Waals surface area contributed by atoms with E-state index in [-0.39, 0.29) is 47.3 Å². The number of hydrogen-bond donors (Lipinski definition) is 0. The van der Waals surface area contributed by atoms with Crippen molar-refractivity contribution in [3.05, 3.63) is 93.4 Å². The maximum atomic E-state index is 15.0. The highest BCUT2D eigenvalue weighted by atomic mass is 79.9. The van der Waals surface area contributed by atoms with E-state index in [1.165, 1.54) is 11.1 Å². The van der Waals surface area contributed by atoms with E-state index in [2.05, 4.69) is 26.0 Å². The van der Waals surface area contributed by atoms with Crippen LogP contribution in [0.1, 0.15) is 34.5 Å². The molecule has 0 atom stereocenters. The van der Waals surface area contributed by atoms with Crippen LogP contribution in [-0.4, -0.2) is 50.6 Å². The average Bonchev–Trinajstić information content (AvgIpc) is 3.50. The fourth-order valence-corrected chi connectivity index (χ4v) is 6.13. The zero-order valence-electron chi connectivity index (χ0n) is 21.7. The van der Waals surface area contributed by atoms with Crippen LogP contribution >= 0.6 is 15.9 Å². The predicted molar refractivity (Wildman–Crippen MR) is 146 cm³/mol. The van der Waals surface area contributed by atoms with Gasteiger partial charge in [0, 0.05) is 49.2 Å². The first-order valence-electron chi connectivity index (χ1n) is 12.9. The van der Waals surface area contributed by atoms with Gasteiger partial charge in [-0.25, -0.2) is 22.2 Å². The number of piperidine rings is 1. The molecule has 4 aromatic rings. The van der Waals surface area contributed by atoms with Crippen LogP contribution < -0.4 is 4.90 Å². The summed E-state index contributed by atoms with van der Waals surface area (Å²) in [7, 11) is 0. The summed E-state index contributed by atoms with van der Waals surface area (Å²) in [5.41, 5.74) is 2.09. The van der Waals surface area contributed by atoms with Crippen LogP contribution in [0.4, 0.5) is 23.2 Å². The number of anilines is 1. The second-order valence-corrected chi connectivity index (χ2v) is 10.8. The largest absolute Gasteiger partial charge is 0.337 e. The Morgan fingerprint density at radius 1 is 1.02 bits per heavy atom. The number of carbonyl (C=O) groups excluding carboxylic acids is 2. The van der Waals surface area contributed by atoms with Crippen LogP contribution in [-0.2, 0) is 11.2 Å². The molecule has 41 heavy (non-hydrogen) atoms. The maximum Gasteiger partial charge on any atom is 0.275 e. The molecule has 1 fully saturated rings. The summed E-state index contributed by atoms with van der Waals surface area (Å²) >= 11 is 3.45. The lowest BCUT2D eigenvalue weighted by molar-refractivity contribution is -0.118. The van der Waals surface area contributed by atoms with Crippen LogP contribution in [0.15, 0.2) is 53.3 Å². The molecule has 0 saturated carbocycles. The summed E-state index contributed by atoms with van der Waals surface area (Å²) in [6, 6.07) is 8.09. The van der Waals surface area contributed by atoms with Crippen molar-refractivity contribution in [1.82, 2.24) is 19.7 Å². The van der Waals surface area contributed by atoms with E-state index < -0.39 is 29.2 Å². The minimum absolute atomic E-state index is 0.0169. The molecule has 0 spiro atoms. The fourth-order valence-electron chi connectivity index (χ4n) is 5.48. The van der Waals surface area contributed by atoms with Crippen molar-refractivity contribution in [2.24, 2.45) is 0 Å². The third kappa shape index (κ3) is 4.59. The van der Waals surface area contributed by atoms with Crippen molar-refractivity contribution in [2.75, 3.05) is 18.0 Å². The molecule has 0 radical (unpaired) electrons. The van der Waals surface area contributed by atoms with Crippen LogP contribution in [0.2, 0.25) is 0 Å². The molecule has 12 heteroatoms. The molecule has 2 aliphatic rings. The second kappa shape index (κ2) is 10.4. The molecule has 2 aromatic carbocycles. The minimum atomic E-state index is -1.61. The molecule has 2 amide bonds. The van der Waals surface area contributed by atoms with Crippen molar-refractivity contribution < 1.29 is 27.2 Å². The number of carbonyl (C=O) groups is 2. The third-order valence-electron chi connectivity index (χ3n) is 7.54. The Hall–Kier alpha value is -4.06. The van der Waals surface area contributed by atoms with E-state index in [1.54, 1.807) is 42.3 Å². The summed E-state index contributed by atoms with van der Waals surface area (Å²) in [5.74, 6) is -5.44. The van der Waals surface area contributed by atoms with Gasteiger partial charge in [-0.2, -0.15) is 5.10 Å². The smallest absolute Gasteiger partial charge is 0.275 e. The molecule has 2 aliphatic heterocycles. The van der Waals surface area contributed by atoms with Crippen molar-refractivity contribution >= 4 is 33.4 Å². The number of pyridine rings is 1. The molecule has 210 valence electrons. The van der Waals surface area contributed by atoms with Gasteiger partial charge >= 0.3 is 0 Å². The Bertz CT molecular complexity index is 1680. The number of fused-ring (bicyclic) bond motifs is 1. The van der Waals surface area contributed by atoms with Crippen LogP contribution in [0, 0.1) is 30.2 Å². The Labute approximate surface area is 240 Å².